The Bertz CT molecular complexity index is 1070. The average Bonchev–Trinajstić information content (AvgIpc) is 3.05. The SMILES string of the molecule is CC(=O)OCc1c(-c2ccc(F)cc2)ccn1S(=O)(=O)c1ccc(C)cc1. The van der Waals surface area contributed by atoms with Crippen LogP contribution in [0.5, 0.6) is 0 Å². The molecule has 0 N–H and O–H groups in total. The van der Waals surface area contributed by atoms with Gasteiger partial charge in [0.2, 0.25) is 0 Å². The first-order valence-electron chi connectivity index (χ1n) is 8.21. The van der Waals surface area contributed by atoms with Gasteiger partial charge in [-0.05, 0) is 42.8 Å². The Balaban J connectivity index is 2.13. The van der Waals surface area contributed by atoms with Crippen molar-refractivity contribution in [3.05, 3.63) is 77.9 Å². The van der Waals surface area contributed by atoms with Crippen LogP contribution in [0.2, 0.25) is 0 Å². The molecule has 0 spiro atoms. The zero-order valence-corrected chi connectivity index (χ0v) is 15.7. The zero-order valence-electron chi connectivity index (χ0n) is 14.8. The van der Waals surface area contributed by atoms with Gasteiger partial charge in [-0.2, -0.15) is 0 Å². The largest absolute Gasteiger partial charge is 0.459 e. The Kier molecular flexibility index (Phi) is 5.14. The third kappa shape index (κ3) is 3.93. The first-order chi connectivity index (χ1) is 12.8. The molecule has 3 aromatic rings. The van der Waals surface area contributed by atoms with Gasteiger partial charge in [0.05, 0.1) is 10.6 Å². The lowest BCUT2D eigenvalue weighted by Crippen LogP contribution is -2.16. The first kappa shape index (κ1) is 18.8. The average molecular weight is 387 g/mol. The minimum Gasteiger partial charge on any atom is -0.459 e. The van der Waals surface area contributed by atoms with E-state index in [-0.39, 0.29) is 17.2 Å². The lowest BCUT2D eigenvalue weighted by atomic mass is 10.1. The molecule has 0 saturated carbocycles. The molecule has 0 aliphatic rings. The molecule has 0 saturated heterocycles. The van der Waals surface area contributed by atoms with Gasteiger partial charge in [0.15, 0.2) is 0 Å². The van der Waals surface area contributed by atoms with Gasteiger partial charge in [0.1, 0.15) is 12.4 Å². The molecule has 7 heteroatoms. The van der Waals surface area contributed by atoms with Crippen LogP contribution in [0.25, 0.3) is 11.1 Å². The van der Waals surface area contributed by atoms with Crippen LogP contribution < -0.4 is 0 Å². The maximum absolute atomic E-state index is 13.2. The van der Waals surface area contributed by atoms with E-state index in [1.165, 1.54) is 37.4 Å². The number of nitrogens with zero attached hydrogens (tertiary/aromatic N) is 1. The van der Waals surface area contributed by atoms with E-state index in [4.69, 9.17) is 4.74 Å². The molecule has 5 nitrogen and oxygen atoms in total. The summed E-state index contributed by atoms with van der Waals surface area (Å²) in [7, 11) is -3.88. The summed E-state index contributed by atoms with van der Waals surface area (Å²) in [6.07, 6.45) is 1.41. The van der Waals surface area contributed by atoms with E-state index in [0.29, 0.717) is 11.1 Å². The molecule has 0 atom stereocenters. The summed E-state index contributed by atoms with van der Waals surface area (Å²) >= 11 is 0. The van der Waals surface area contributed by atoms with Crippen LogP contribution in [0.4, 0.5) is 4.39 Å². The van der Waals surface area contributed by atoms with Crippen molar-refractivity contribution in [2.75, 3.05) is 0 Å². The Hall–Kier alpha value is -2.93. The van der Waals surface area contributed by atoms with Crippen LogP contribution >= 0.6 is 0 Å². The summed E-state index contributed by atoms with van der Waals surface area (Å²) in [5.74, 6) is -0.924. The Morgan fingerprint density at radius 2 is 1.67 bits per heavy atom. The number of benzene rings is 2. The van der Waals surface area contributed by atoms with Crippen LogP contribution in [-0.4, -0.2) is 18.4 Å². The predicted octanol–water partition coefficient (Wildman–Crippen LogP) is 3.90. The van der Waals surface area contributed by atoms with E-state index in [0.717, 1.165) is 9.54 Å². The smallest absolute Gasteiger partial charge is 0.303 e. The fourth-order valence-electron chi connectivity index (χ4n) is 2.70. The van der Waals surface area contributed by atoms with Gasteiger partial charge in [-0.3, -0.25) is 4.79 Å². The highest BCUT2D eigenvalue weighted by atomic mass is 32.2. The molecule has 0 unspecified atom stereocenters. The van der Waals surface area contributed by atoms with Crippen molar-refractivity contribution in [2.24, 2.45) is 0 Å². The van der Waals surface area contributed by atoms with E-state index in [2.05, 4.69) is 0 Å². The highest BCUT2D eigenvalue weighted by molar-refractivity contribution is 7.90. The number of hydrogen-bond donors (Lipinski definition) is 0. The summed E-state index contributed by atoms with van der Waals surface area (Å²) in [6, 6.07) is 13.8. The third-order valence-electron chi connectivity index (χ3n) is 4.10. The second-order valence-corrected chi connectivity index (χ2v) is 7.89. The van der Waals surface area contributed by atoms with Gasteiger partial charge >= 0.3 is 5.97 Å². The van der Waals surface area contributed by atoms with Crippen LogP contribution in [0.3, 0.4) is 0 Å². The highest BCUT2D eigenvalue weighted by Crippen LogP contribution is 2.29. The fraction of sp³-hybridized carbons (Fsp3) is 0.150. The van der Waals surface area contributed by atoms with Crippen molar-refractivity contribution in [3.63, 3.8) is 0 Å². The number of aromatic nitrogens is 1. The number of hydrogen-bond acceptors (Lipinski definition) is 4. The molecule has 0 amide bonds. The van der Waals surface area contributed by atoms with Gasteiger partial charge < -0.3 is 4.74 Å². The number of halogens is 1. The van der Waals surface area contributed by atoms with E-state index in [9.17, 15) is 17.6 Å². The minimum absolute atomic E-state index is 0.124. The minimum atomic E-state index is -3.88. The summed E-state index contributed by atoms with van der Waals surface area (Å²) < 4.78 is 45.5. The maximum atomic E-state index is 13.2. The Morgan fingerprint density at radius 3 is 2.26 bits per heavy atom. The Morgan fingerprint density at radius 1 is 1.04 bits per heavy atom. The number of carbonyl (C=O) groups excluding carboxylic acids is 1. The fourth-order valence-corrected chi connectivity index (χ4v) is 4.07. The van der Waals surface area contributed by atoms with Crippen LogP contribution in [0.1, 0.15) is 18.2 Å². The number of carbonyl (C=O) groups is 1. The maximum Gasteiger partial charge on any atom is 0.303 e. The van der Waals surface area contributed by atoms with E-state index in [1.54, 1.807) is 30.3 Å². The molecule has 0 radical (unpaired) electrons. The molecular formula is C20H18FNO4S. The second-order valence-electron chi connectivity index (χ2n) is 6.08. The number of rotatable bonds is 5. The standard InChI is InChI=1S/C20H18FNO4S/c1-14-3-9-18(10-4-14)27(24,25)22-12-11-19(20(22)13-26-15(2)23)16-5-7-17(21)8-6-16/h3-12H,13H2,1-2H3. The monoisotopic (exact) mass is 387 g/mol. The first-order valence-corrected chi connectivity index (χ1v) is 9.65. The molecule has 2 aromatic carbocycles. The van der Waals surface area contributed by atoms with E-state index in [1.807, 2.05) is 6.92 Å². The highest BCUT2D eigenvalue weighted by Gasteiger charge is 2.23. The molecule has 0 aliphatic carbocycles. The lowest BCUT2D eigenvalue weighted by Gasteiger charge is -2.13. The van der Waals surface area contributed by atoms with Crippen LogP contribution in [-0.2, 0) is 26.2 Å². The summed E-state index contributed by atoms with van der Waals surface area (Å²) in [5.41, 5.74) is 2.40. The third-order valence-corrected chi connectivity index (χ3v) is 5.83. The number of esters is 1. The second kappa shape index (κ2) is 7.36. The molecule has 1 aromatic heterocycles. The molecular weight excluding hydrogens is 369 g/mol. The summed E-state index contributed by atoms with van der Waals surface area (Å²) in [6.45, 7) is 2.89. The van der Waals surface area contributed by atoms with Crippen LogP contribution in [0.15, 0.2) is 65.7 Å². The molecule has 27 heavy (non-hydrogen) atoms. The summed E-state index contributed by atoms with van der Waals surface area (Å²) in [4.78, 5) is 11.4. The molecule has 3 rings (SSSR count). The number of aryl methyl sites for hydroxylation is 1. The zero-order chi connectivity index (χ0) is 19.6. The van der Waals surface area contributed by atoms with E-state index >= 15 is 0 Å². The number of ether oxygens (including phenoxy) is 1. The van der Waals surface area contributed by atoms with Gasteiger partial charge in [0.25, 0.3) is 10.0 Å². The lowest BCUT2D eigenvalue weighted by molar-refractivity contribution is -0.142. The van der Waals surface area contributed by atoms with Gasteiger partial charge in [-0.1, -0.05) is 29.8 Å². The molecule has 0 fully saturated rings. The normalized spacial score (nSPS) is 11.4. The molecule has 0 aliphatic heterocycles. The van der Waals surface area contributed by atoms with Crippen LogP contribution in [0, 0.1) is 12.7 Å². The van der Waals surface area contributed by atoms with Gasteiger partial charge in [-0.15, -0.1) is 0 Å². The Labute approximate surface area is 157 Å². The van der Waals surface area contributed by atoms with Crippen molar-refractivity contribution in [1.29, 1.82) is 0 Å². The summed E-state index contributed by atoms with van der Waals surface area (Å²) in [5, 5.41) is 0. The predicted molar refractivity (Wildman–Crippen MR) is 99.1 cm³/mol. The van der Waals surface area contributed by atoms with Crippen molar-refractivity contribution in [3.8, 4) is 11.1 Å². The van der Waals surface area contributed by atoms with Crippen molar-refractivity contribution >= 4 is 16.0 Å². The quantitative estimate of drug-likeness (QED) is 0.623. The molecule has 1 heterocycles. The van der Waals surface area contributed by atoms with Crippen molar-refractivity contribution < 1.29 is 22.3 Å². The van der Waals surface area contributed by atoms with Gasteiger partial charge in [-0.25, -0.2) is 16.8 Å². The van der Waals surface area contributed by atoms with Crippen molar-refractivity contribution in [2.45, 2.75) is 25.3 Å². The molecule has 140 valence electrons. The topological polar surface area (TPSA) is 65.4 Å². The van der Waals surface area contributed by atoms with Crippen molar-refractivity contribution in [1.82, 2.24) is 3.97 Å². The molecule has 0 bridgehead atoms. The van der Waals surface area contributed by atoms with E-state index < -0.39 is 21.8 Å². The van der Waals surface area contributed by atoms with Gasteiger partial charge in [0, 0.05) is 18.7 Å².